The lowest BCUT2D eigenvalue weighted by molar-refractivity contribution is 0.390. The molecule has 2 aromatic heterocycles. The molecule has 0 fully saturated rings. The normalized spacial score (nSPS) is 12.3. The maximum Gasteiger partial charge on any atom is 0.252 e. The van der Waals surface area contributed by atoms with Crippen molar-refractivity contribution < 1.29 is 12.9 Å². The summed E-state index contributed by atoms with van der Waals surface area (Å²) in [7, 11) is -1.88. The minimum absolute atomic E-state index is 0.264. The van der Waals surface area contributed by atoms with Gasteiger partial charge in [-0.15, -0.1) is 11.3 Å². The topological polar surface area (TPSA) is 63.4 Å². The molecule has 0 saturated heterocycles. The number of aromatic nitrogens is 1. The van der Waals surface area contributed by atoms with E-state index in [9.17, 15) is 8.42 Å². The molecule has 0 aliphatic rings. The van der Waals surface area contributed by atoms with Gasteiger partial charge in [0.2, 0.25) is 0 Å². The quantitative estimate of drug-likeness (QED) is 0.870. The number of sulfonamides is 1. The molecule has 0 N–H and O–H groups in total. The molecule has 0 unspecified atom stereocenters. The van der Waals surface area contributed by atoms with Crippen LogP contribution in [0.2, 0.25) is 0 Å². The third-order valence-corrected chi connectivity index (χ3v) is 6.21. The molecule has 0 amide bonds. The molecule has 104 valence electrons. The number of nitrogens with zero attached hydrogens (tertiary/aromatic N) is 2. The summed E-state index contributed by atoms with van der Waals surface area (Å²) < 4.78 is 31.5. The van der Waals surface area contributed by atoms with Gasteiger partial charge in [-0.3, -0.25) is 0 Å². The molecule has 2 heterocycles. The van der Waals surface area contributed by atoms with Gasteiger partial charge in [-0.05, 0) is 32.9 Å². The molecule has 0 aliphatic heterocycles. The third-order valence-electron chi connectivity index (χ3n) is 2.94. The highest BCUT2D eigenvalue weighted by atomic mass is 32.2. The van der Waals surface area contributed by atoms with E-state index >= 15 is 0 Å². The van der Waals surface area contributed by atoms with Gasteiger partial charge in [0.25, 0.3) is 10.0 Å². The fourth-order valence-corrected chi connectivity index (χ4v) is 4.37. The molecule has 19 heavy (non-hydrogen) atoms. The Hall–Kier alpha value is -1.18. The molecule has 0 atom stereocenters. The van der Waals surface area contributed by atoms with E-state index in [0.29, 0.717) is 9.97 Å². The molecule has 0 saturated carbocycles. The molecular formula is C12H16N2O3S2. The van der Waals surface area contributed by atoms with Crippen molar-refractivity contribution in [3.63, 3.8) is 0 Å². The summed E-state index contributed by atoms with van der Waals surface area (Å²) in [5.41, 5.74) is 1.54. The molecule has 5 nitrogen and oxygen atoms in total. The van der Waals surface area contributed by atoms with Crippen LogP contribution >= 0.6 is 11.3 Å². The molecule has 7 heteroatoms. The lowest BCUT2D eigenvalue weighted by Gasteiger charge is -2.15. The van der Waals surface area contributed by atoms with Gasteiger partial charge in [-0.2, -0.15) is 4.31 Å². The maximum atomic E-state index is 12.4. The number of aryl methyl sites for hydroxylation is 3. The average Bonchev–Trinajstić information content (AvgIpc) is 2.90. The van der Waals surface area contributed by atoms with E-state index < -0.39 is 10.0 Å². The summed E-state index contributed by atoms with van der Waals surface area (Å²) in [5, 5.41) is 3.83. The van der Waals surface area contributed by atoms with Crippen molar-refractivity contribution in [3.05, 3.63) is 34.0 Å². The molecule has 2 aromatic rings. The zero-order chi connectivity index (χ0) is 14.2. The summed E-state index contributed by atoms with van der Waals surface area (Å²) in [6.07, 6.45) is 0. The lowest BCUT2D eigenvalue weighted by atomic mass is 10.2. The van der Waals surface area contributed by atoms with E-state index in [-0.39, 0.29) is 6.54 Å². The first kappa shape index (κ1) is 14.2. The van der Waals surface area contributed by atoms with Crippen molar-refractivity contribution in [2.45, 2.75) is 31.5 Å². The van der Waals surface area contributed by atoms with E-state index in [4.69, 9.17) is 4.52 Å². The van der Waals surface area contributed by atoms with Crippen LogP contribution in [-0.4, -0.2) is 24.9 Å². The first-order valence-electron chi connectivity index (χ1n) is 5.77. The maximum absolute atomic E-state index is 12.4. The van der Waals surface area contributed by atoms with Crippen LogP contribution in [0.3, 0.4) is 0 Å². The Morgan fingerprint density at radius 3 is 2.47 bits per heavy atom. The van der Waals surface area contributed by atoms with Gasteiger partial charge < -0.3 is 4.52 Å². The Morgan fingerprint density at radius 2 is 2.00 bits per heavy atom. The van der Waals surface area contributed by atoms with Crippen LogP contribution in [0, 0.1) is 20.8 Å². The smallest absolute Gasteiger partial charge is 0.252 e. The molecule has 0 radical (unpaired) electrons. The average molecular weight is 300 g/mol. The largest absolute Gasteiger partial charge is 0.361 e. The highest BCUT2D eigenvalue weighted by Crippen LogP contribution is 2.25. The Morgan fingerprint density at radius 1 is 1.32 bits per heavy atom. The van der Waals surface area contributed by atoms with Crippen molar-refractivity contribution in [2.75, 3.05) is 7.05 Å². The monoisotopic (exact) mass is 300 g/mol. The Kier molecular flexibility index (Phi) is 3.80. The second-order valence-corrected chi connectivity index (χ2v) is 7.99. The molecule has 2 rings (SSSR count). The van der Waals surface area contributed by atoms with Crippen molar-refractivity contribution in [1.82, 2.24) is 9.46 Å². The van der Waals surface area contributed by atoms with Crippen molar-refractivity contribution >= 4 is 21.4 Å². The third kappa shape index (κ3) is 2.72. The standard InChI is InChI=1S/C12H16N2O3S2/c1-8-5-6-12(18-8)19(15,16)14(4)7-11-9(2)13-17-10(11)3/h5-6H,7H2,1-4H3. The Bertz CT molecular complexity index is 666. The van der Waals surface area contributed by atoms with E-state index in [2.05, 4.69) is 5.16 Å². The molecule has 0 aliphatic carbocycles. The minimum Gasteiger partial charge on any atom is -0.361 e. The fourth-order valence-electron chi connectivity index (χ4n) is 1.74. The van der Waals surface area contributed by atoms with Crippen molar-refractivity contribution in [2.24, 2.45) is 0 Å². The number of hydrogen-bond acceptors (Lipinski definition) is 5. The summed E-state index contributed by atoms with van der Waals surface area (Å²) >= 11 is 1.28. The summed E-state index contributed by atoms with van der Waals surface area (Å²) in [4.78, 5) is 0.976. The number of rotatable bonds is 4. The van der Waals surface area contributed by atoms with Crippen LogP contribution in [-0.2, 0) is 16.6 Å². The van der Waals surface area contributed by atoms with E-state index in [0.717, 1.165) is 16.1 Å². The van der Waals surface area contributed by atoms with Gasteiger partial charge in [0, 0.05) is 24.0 Å². The van der Waals surface area contributed by atoms with Crippen LogP contribution in [0.25, 0.3) is 0 Å². The SMILES string of the molecule is Cc1ccc(S(=O)(=O)N(C)Cc2c(C)noc2C)s1. The summed E-state index contributed by atoms with van der Waals surface area (Å²) in [6.45, 7) is 5.74. The van der Waals surface area contributed by atoms with Crippen LogP contribution in [0.4, 0.5) is 0 Å². The molecule has 0 bridgehead atoms. The molecule has 0 spiro atoms. The van der Waals surface area contributed by atoms with Crippen LogP contribution in [0.15, 0.2) is 20.9 Å². The summed E-state index contributed by atoms with van der Waals surface area (Å²) in [6, 6.07) is 3.44. The highest BCUT2D eigenvalue weighted by Gasteiger charge is 2.24. The summed E-state index contributed by atoms with van der Waals surface area (Å²) in [5.74, 6) is 0.655. The van der Waals surface area contributed by atoms with Gasteiger partial charge in [0.15, 0.2) is 0 Å². The second kappa shape index (κ2) is 5.07. The van der Waals surface area contributed by atoms with E-state index in [1.165, 1.54) is 15.6 Å². The molecule has 0 aromatic carbocycles. The van der Waals surface area contributed by atoms with Crippen molar-refractivity contribution in [3.8, 4) is 0 Å². The zero-order valence-electron chi connectivity index (χ0n) is 11.3. The van der Waals surface area contributed by atoms with Gasteiger partial charge in [-0.25, -0.2) is 8.42 Å². The number of hydrogen-bond donors (Lipinski definition) is 0. The Balaban J connectivity index is 2.27. The van der Waals surface area contributed by atoms with Gasteiger partial charge >= 0.3 is 0 Å². The van der Waals surface area contributed by atoms with Crippen LogP contribution in [0.5, 0.6) is 0 Å². The van der Waals surface area contributed by atoms with E-state index in [1.807, 2.05) is 13.8 Å². The fraction of sp³-hybridized carbons (Fsp3) is 0.417. The van der Waals surface area contributed by atoms with Crippen LogP contribution < -0.4 is 0 Å². The minimum atomic E-state index is -3.45. The van der Waals surface area contributed by atoms with Gasteiger partial charge in [-0.1, -0.05) is 5.16 Å². The highest BCUT2D eigenvalue weighted by molar-refractivity contribution is 7.91. The van der Waals surface area contributed by atoms with E-state index in [1.54, 1.807) is 26.1 Å². The van der Waals surface area contributed by atoms with Gasteiger partial charge in [0.1, 0.15) is 9.97 Å². The first-order chi connectivity index (χ1) is 8.82. The van der Waals surface area contributed by atoms with Gasteiger partial charge in [0.05, 0.1) is 5.69 Å². The second-order valence-electron chi connectivity index (χ2n) is 4.43. The lowest BCUT2D eigenvalue weighted by Crippen LogP contribution is -2.26. The predicted octanol–water partition coefficient (Wildman–Crippen LogP) is 2.48. The number of thiophene rings is 1. The van der Waals surface area contributed by atoms with Crippen LogP contribution in [0.1, 0.15) is 21.9 Å². The van der Waals surface area contributed by atoms with Crippen molar-refractivity contribution in [1.29, 1.82) is 0 Å². The zero-order valence-corrected chi connectivity index (χ0v) is 12.9. The molecular weight excluding hydrogens is 284 g/mol. The Labute approximate surface area is 116 Å². The predicted molar refractivity (Wildman–Crippen MR) is 73.7 cm³/mol. The first-order valence-corrected chi connectivity index (χ1v) is 8.02.